The average molecular weight is 369 g/mol. The van der Waals surface area contributed by atoms with Crippen LogP contribution >= 0.6 is 11.6 Å². The largest absolute Gasteiger partial charge is 0.453 e. The van der Waals surface area contributed by atoms with Crippen molar-refractivity contribution in [1.29, 1.82) is 0 Å². The molecule has 0 radical (unpaired) electrons. The van der Waals surface area contributed by atoms with Gasteiger partial charge in [0.2, 0.25) is 0 Å². The van der Waals surface area contributed by atoms with E-state index in [1.54, 1.807) is 54.6 Å². The standard InChI is InChI=1S/C21H14ClFO3/c22-21(25)17-12-11-16(18(24)13-14-7-3-1-4-8-14)19(23)20(17)26-15-9-5-2-6-10-15/h1-12H,13H2. The Balaban J connectivity index is 1.98. The van der Waals surface area contributed by atoms with Gasteiger partial charge in [-0.15, -0.1) is 0 Å². The second-order valence-electron chi connectivity index (χ2n) is 5.58. The van der Waals surface area contributed by atoms with Gasteiger partial charge >= 0.3 is 0 Å². The molecule has 3 aromatic carbocycles. The van der Waals surface area contributed by atoms with Gasteiger partial charge in [0.1, 0.15) is 5.75 Å². The van der Waals surface area contributed by atoms with Crippen LogP contribution in [0.1, 0.15) is 26.3 Å². The van der Waals surface area contributed by atoms with Crippen LogP contribution in [0.2, 0.25) is 0 Å². The fourth-order valence-corrected chi connectivity index (χ4v) is 2.66. The maximum Gasteiger partial charge on any atom is 0.256 e. The number of ketones is 1. The lowest BCUT2D eigenvalue weighted by atomic mass is 10.0. The van der Waals surface area contributed by atoms with Crippen LogP contribution in [0.5, 0.6) is 11.5 Å². The first-order chi connectivity index (χ1) is 12.6. The quantitative estimate of drug-likeness (QED) is 0.431. The van der Waals surface area contributed by atoms with Crippen LogP contribution in [0.3, 0.4) is 0 Å². The monoisotopic (exact) mass is 368 g/mol. The summed E-state index contributed by atoms with van der Waals surface area (Å²) < 4.78 is 20.5. The van der Waals surface area contributed by atoms with Crippen molar-refractivity contribution in [2.24, 2.45) is 0 Å². The van der Waals surface area contributed by atoms with Crippen molar-refractivity contribution in [2.45, 2.75) is 6.42 Å². The van der Waals surface area contributed by atoms with E-state index in [1.165, 1.54) is 12.1 Å². The van der Waals surface area contributed by atoms with Crippen molar-refractivity contribution < 1.29 is 18.7 Å². The van der Waals surface area contributed by atoms with E-state index in [0.717, 1.165) is 5.56 Å². The minimum Gasteiger partial charge on any atom is -0.453 e. The van der Waals surface area contributed by atoms with E-state index in [1.807, 2.05) is 6.07 Å². The third kappa shape index (κ3) is 3.98. The minimum atomic E-state index is -0.902. The summed E-state index contributed by atoms with van der Waals surface area (Å²) in [7, 11) is 0. The van der Waals surface area contributed by atoms with Crippen molar-refractivity contribution in [3.05, 3.63) is 95.3 Å². The molecule has 3 rings (SSSR count). The van der Waals surface area contributed by atoms with E-state index in [2.05, 4.69) is 0 Å². The fourth-order valence-electron chi connectivity index (χ4n) is 2.51. The van der Waals surface area contributed by atoms with Crippen LogP contribution in [0.4, 0.5) is 4.39 Å². The average Bonchev–Trinajstić information content (AvgIpc) is 2.64. The Hall–Kier alpha value is -2.98. The number of halogens is 2. The first kappa shape index (κ1) is 17.8. The van der Waals surface area contributed by atoms with Gasteiger partial charge in [-0.05, 0) is 41.4 Å². The van der Waals surface area contributed by atoms with E-state index in [4.69, 9.17) is 16.3 Å². The summed E-state index contributed by atoms with van der Waals surface area (Å²) >= 11 is 5.54. The number of hydrogen-bond acceptors (Lipinski definition) is 3. The summed E-state index contributed by atoms with van der Waals surface area (Å²) in [5.41, 5.74) is 0.477. The number of rotatable bonds is 6. The first-order valence-electron chi connectivity index (χ1n) is 7.88. The molecule has 3 nitrogen and oxygen atoms in total. The molecule has 26 heavy (non-hydrogen) atoms. The molecule has 0 aliphatic carbocycles. The zero-order chi connectivity index (χ0) is 18.5. The normalized spacial score (nSPS) is 10.4. The molecule has 0 atom stereocenters. The summed E-state index contributed by atoms with van der Waals surface area (Å²) in [5, 5.41) is -0.864. The molecule has 3 aromatic rings. The topological polar surface area (TPSA) is 43.4 Å². The van der Waals surface area contributed by atoms with Gasteiger partial charge in [-0.25, -0.2) is 4.39 Å². The van der Waals surface area contributed by atoms with Gasteiger partial charge in [-0.1, -0.05) is 48.5 Å². The van der Waals surface area contributed by atoms with Crippen LogP contribution in [0, 0.1) is 5.82 Å². The Morgan fingerprint density at radius 1 is 0.846 bits per heavy atom. The molecule has 0 aromatic heterocycles. The smallest absolute Gasteiger partial charge is 0.256 e. The number of para-hydroxylation sites is 1. The van der Waals surface area contributed by atoms with Crippen LogP contribution in [-0.4, -0.2) is 11.0 Å². The molecule has 0 aliphatic heterocycles. The molecule has 0 saturated carbocycles. The Morgan fingerprint density at radius 3 is 2.04 bits per heavy atom. The number of hydrogen-bond donors (Lipinski definition) is 0. The highest BCUT2D eigenvalue weighted by Gasteiger charge is 2.23. The Kier molecular flexibility index (Phi) is 5.44. The van der Waals surface area contributed by atoms with Crippen LogP contribution < -0.4 is 4.74 Å². The Morgan fingerprint density at radius 2 is 1.42 bits per heavy atom. The van der Waals surface area contributed by atoms with Gasteiger partial charge in [0.25, 0.3) is 5.24 Å². The third-order valence-electron chi connectivity index (χ3n) is 3.78. The predicted octanol–water partition coefficient (Wildman–Crippen LogP) is 5.42. The van der Waals surface area contributed by atoms with E-state index in [9.17, 15) is 14.0 Å². The fraction of sp³-hybridized carbons (Fsp3) is 0.0476. The Bertz CT molecular complexity index is 940. The summed E-state index contributed by atoms with van der Waals surface area (Å²) in [6, 6.07) is 20.0. The van der Waals surface area contributed by atoms with Crippen molar-refractivity contribution in [3.63, 3.8) is 0 Å². The van der Waals surface area contributed by atoms with Gasteiger partial charge in [-0.3, -0.25) is 9.59 Å². The first-order valence-corrected chi connectivity index (χ1v) is 8.26. The zero-order valence-electron chi connectivity index (χ0n) is 13.6. The molecular weight excluding hydrogens is 355 g/mol. The molecular formula is C21H14ClFO3. The third-order valence-corrected chi connectivity index (χ3v) is 3.98. The van der Waals surface area contributed by atoms with E-state index in [-0.39, 0.29) is 23.3 Å². The van der Waals surface area contributed by atoms with Gasteiger partial charge in [0, 0.05) is 6.42 Å². The second-order valence-corrected chi connectivity index (χ2v) is 5.92. The molecule has 0 heterocycles. The minimum absolute atomic E-state index is 0.0384. The SMILES string of the molecule is O=C(Cc1ccccc1)c1ccc(C(=O)Cl)c(Oc2ccccc2)c1F. The lowest BCUT2D eigenvalue weighted by Gasteiger charge is -2.12. The van der Waals surface area contributed by atoms with Gasteiger partial charge < -0.3 is 4.74 Å². The number of benzene rings is 3. The van der Waals surface area contributed by atoms with E-state index >= 15 is 0 Å². The second kappa shape index (κ2) is 7.93. The number of ether oxygens (including phenoxy) is 1. The molecule has 0 N–H and O–H groups in total. The highest BCUT2D eigenvalue weighted by molar-refractivity contribution is 6.68. The maximum absolute atomic E-state index is 15.0. The number of Topliss-reactive ketones (excluding diaryl/α,β-unsaturated/α-hetero) is 1. The maximum atomic E-state index is 15.0. The van der Waals surface area contributed by atoms with Gasteiger partial charge in [0.05, 0.1) is 11.1 Å². The number of carbonyl (C=O) groups excluding carboxylic acids is 2. The summed E-state index contributed by atoms with van der Waals surface area (Å²) in [5.74, 6) is -1.34. The van der Waals surface area contributed by atoms with Crippen molar-refractivity contribution in [2.75, 3.05) is 0 Å². The van der Waals surface area contributed by atoms with Crippen molar-refractivity contribution in [1.82, 2.24) is 0 Å². The summed E-state index contributed by atoms with van der Waals surface area (Å²) in [6.07, 6.45) is 0.0384. The molecule has 0 aliphatic rings. The molecule has 0 spiro atoms. The van der Waals surface area contributed by atoms with Crippen molar-refractivity contribution >= 4 is 22.6 Å². The van der Waals surface area contributed by atoms with E-state index < -0.39 is 16.8 Å². The number of carbonyl (C=O) groups is 2. The van der Waals surface area contributed by atoms with Gasteiger partial charge in [0.15, 0.2) is 17.3 Å². The van der Waals surface area contributed by atoms with Gasteiger partial charge in [-0.2, -0.15) is 0 Å². The molecule has 0 bridgehead atoms. The Labute approximate surface area is 155 Å². The molecule has 0 saturated heterocycles. The summed E-state index contributed by atoms with van der Waals surface area (Å²) in [6.45, 7) is 0. The zero-order valence-corrected chi connectivity index (χ0v) is 14.4. The molecule has 5 heteroatoms. The predicted molar refractivity (Wildman–Crippen MR) is 97.6 cm³/mol. The summed E-state index contributed by atoms with van der Waals surface area (Å²) in [4.78, 5) is 24.1. The highest BCUT2D eigenvalue weighted by Crippen LogP contribution is 2.32. The van der Waals surface area contributed by atoms with Crippen LogP contribution in [-0.2, 0) is 6.42 Å². The highest BCUT2D eigenvalue weighted by atomic mass is 35.5. The lowest BCUT2D eigenvalue weighted by molar-refractivity contribution is 0.0986. The molecule has 0 fully saturated rings. The van der Waals surface area contributed by atoms with Crippen molar-refractivity contribution in [3.8, 4) is 11.5 Å². The molecule has 0 unspecified atom stereocenters. The van der Waals surface area contributed by atoms with Crippen LogP contribution in [0.25, 0.3) is 0 Å². The molecule has 0 amide bonds. The van der Waals surface area contributed by atoms with Crippen LogP contribution in [0.15, 0.2) is 72.8 Å². The lowest BCUT2D eigenvalue weighted by Crippen LogP contribution is -2.09. The molecule has 130 valence electrons. The van der Waals surface area contributed by atoms with E-state index in [0.29, 0.717) is 5.75 Å².